The van der Waals surface area contributed by atoms with Crippen molar-refractivity contribution in [2.75, 3.05) is 5.32 Å². The predicted molar refractivity (Wildman–Crippen MR) is 81.0 cm³/mol. The summed E-state index contributed by atoms with van der Waals surface area (Å²) >= 11 is 3.48. The van der Waals surface area contributed by atoms with Crippen molar-refractivity contribution in [3.05, 3.63) is 65.2 Å². The van der Waals surface area contributed by atoms with Gasteiger partial charge in [-0.2, -0.15) is 0 Å². The van der Waals surface area contributed by atoms with Crippen molar-refractivity contribution in [3.8, 4) is 0 Å². The molecule has 0 amide bonds. The van der Waals surface area contributed by atoms with Crippen LogP contribution < -0.4 is 5.32 Å². The first kappa shape index (κ1) is 12.1. The first-order valence-corrected chi connectivity index (χ1v) is 6.79. The van der Waals surface area contributed by atoms with Gasteiger partial charge in [-0.3, -0.25) is 0 Å². The minimum absolute atomic E-state index is 0.699. The minimum Gasteiger partial charge on any atom is -0.379 e. The van der Waals surface area contributed by atoms with Gasteiger partial charge in [-0.15, -0.1) is 0 Å². The molecule has 0 bridgehead atoms. The Kier molecular flexibility index (Phi) is 3.42. The molecule has 0 saturated heterocycles. The molecule has 0 fully saturated rings. The smallest absolute Gasteiger partial charge is 0.115 e. The number of nitrogens with one attached hydrogen (secondary N) is 1. The molecular weight excluding hydrogens is 302 g/mol. The largest absolute Gasteiger partial charge is 0.379 e. The van der Waals surface area contributed by atoms with E-state index in [0.29, 0.717) is 6.54 Å². The van der Waals surface area contributed by atoms with Crippen LogP contribution in [0.15, 0.2) is 59.5 Å². The second kappa shape index (κ2) is 5.36. The van der Waals surface area contributed by atoms with Crippen LogP contribution >= 0.6 is 15.9 Å². The molecule has 2 aromatic carbocycles. The summed E-state index contributed by atoms with van der Waals surface area (Å²) in [4.78, 5) is 8.09. The van der Waals surface area contributed by atoms with Crippen LogP contribution in [0.3, 0.4) is 0 Å². The Morgan fingerprint density at radius 3 is 2.68 bits per heavy atom. The highest BCUT2D eigenvalue weighted by Crippen LogP contribution is 2.23. The molecule has 0 saturated carbocycles. The Labute approximate surface area is 119 Å². The SMILES string of the molecule is Brc1ccc2cc(NCc3ccncn3)ccc2c1. The zero-order chi connectivity index (χ0) is 13.1. The molecule has 0 aliphatic heterocycles. The van der Waals surface area contributed by atoms with E-state index in [-0.39, 0.29) is 0 Å². The summed E-state index contributed by atoms with van der Waals surface area (Å²) in [6.45, 7) is 0.699. The van der Waals surface area contributed by atoms with Gasteiger partial charge in [-0.1, -0.05) is 28.1 Å². The Morgan fingerprint density at radius 2 is 1.84 bits per heavy atom. The number of nitrogens with zero attached hydrogens (tertiary/aromatic N) is 2. The van der Waals surface area contributed by atoms with Crippen molar-refractivity contribution < 1.29 is 0 Å². The quantitative estimate of drug-likeness (QED) is 0.794. The maximum Gasteiger partial charge on any atom is 0.115 e. The Bertz CT molecular complexity index is 698. The lowest BCUT2D eigenvalue weighted by atomic mass is 10.1. The number of anilines is 1. The molecule has 0 unspecified atom stereocenters. The summed E-state index contributed by atoms with van der Waals surface area (Å²) in [5.41, 5.74) is 2.07. The second-order valence-electron chi connectivity index (χ2n) is 4.26. The Hall–Kier alpha value is -1.94. The van der Waals surface area contributed by atoms with Crippen LogP contribution in [0.25, 0.3) is 10.8 Å². The van der Waals surface area contributed by atoms with Gasteiger partial charge in [0.25, 0.3) is 0 Å². The standard InChI is InChI=1S/C15H12BrN3/c16-13-3-1-12-8-14(4-2-11(12)7-13)18-9-15-5-6-17-10-19-15/h1-8,10,18H,9H2. The van der Waals surface area contributed by atoms with E-state index in [2.05, 4.69) is 67.6 Å². The van der Waals surface area contributed by atoms with Gasteiger partial charge in [-0.25, -0.2) is 9.97 Å². The average Bonchev–Trinajstić information content (AvgIpc) is 2.46. The number of halogens is 1. The van der Waals surface area contributed by atoms with E-state index < -0.39 is 0 Å². The van der Waals surface area contributed by atoms with Gasteiger partial charge >= 0.3 is 0 Å². The van der Waals surface area contributed by atoms with Crippen molar-refractivity contribution in [3.63, 3.8) is 0 Å². The van der Waals surface area contributed by atoms with E-state index >= 15 is 0 Å². The molecule has 0 atom stereocenters. The summed E-state index contributed by atoms with van der Waals surface area (Å²) in [7, 11) is 0. The van der Waals surface area contributed by atoms with E-state index in [9.17, 15) is 0 Å². The van der Waals surface area contributed by atoms with Crippen LogP contribution in [0, 0.1) is 0 Å². The molecule has 1 heterocycles. The second-order valence-corrected chi connectivity index (χ2v) is 5.18. The van der Waals surface area contributed by atoms with Gasteiger partial charge in [0.05, 0.1) is 12.2 Å². The van der Waals surface area contributed by atoms with Crippen molar-refractivity contribution in [1.82, 2.24) is 9.97 Å². The summed E-state index contributed by atoms with van der Waals surface area (Å²) in [6, 6.07) is 14.5. The number of hydrogen-bond acceptors (Lipinski definition) is 3. The van der Waals surface area contributed by atoms with E-state index in [1.807, 2.05) is 6.07 Å². The van der Waals surface area contributed by atoms with Crippen molar-refractivity contribution in [1.29, 1.82) is 0 Å². The third-order valence-electron chi connectivity index (χ3n) is 2.92. The van der Waals surface area contributed by atoms with E-state index in [4.69, 9.17) is 0 Å². The van der Waals surface area contributed by atoms with Gasteiger partial charge in [0.2, 0.25) is 0 Å². The fourth-order valence-corrected chi connectivity index (χ4v) is 2.32. The van der Waals surface area contributed by atoms with Crippen molar-refractivity contribution in [2.24, 2.45) is 0 Å². The van der Waals surface area contributed by atoms with Gasteiger partial charge < -0.3 is 5.32 Å². The lowest BCUT2D eigenvalue weighted by Crippen LogP contribution is -2.01. The third-order valence-corrected chi connectivity index (χ3v) is 3.41. The number of rotatable bonds is 3. The van der Waals surface area contributed by atoms with E-state index in [0.717, 1.165) is 15.9 Å². The Morgan fingerprint density at radius 1 is 1.00 bits per heavy atom. The zero-order valence-electron chi connectivity index (χ0n) is 10.2. The lowest BCUT2D eigenvalue weighted by molar-refractivity contribution is 1.01. The zero-order valence-corrected chi connectivity index (χ0v) is 11.8. The van der Waals surface area contributed by atoms with Crippen LogP contribution in [0.4, 0.5) is 5.69 Å². The highest BCUT2D eigenvalue weighted by atomic mass is 79.9. The minimum atomic E-state index is 0.699. The van der Waals surface area contributed by atoms with Gasteiger partial charge in [0.15, 0.2) is 0 Å². The van der Waals surface area contributed by atoms with Crippen molar-refractivity contribution >= 4 is 32.4 Å². The van der Waals surface area contributed by atoms with Crippen LogP contribution in [-0.2, 0) is 6.54 Å². The molecule has 1 N–H and O–H groups in total. The highest BCUT2D eigenvalue weighted by molar-refractivity contribution is 9.10. The molecule has 19 heavy (non-hydrogen) atoms. The van der Waals surface area contributed by atoms with Crippen LogP contribution in [0.1, 0.15) is 5.69 Å². The van der Waals surface area contributed by atoms with Crippen LogP contribution in [-0.4, -0.2) is 9.97 Å². The molecule has 0 radical (unpaired) electrons. The van der Waals surface area contributed by atoms with E-state index in [1.54, 1.807) is 12.5 Å². The van der Waals surface area contributed by atoms with Gasteiger partial charge in [0, 0.05) is 16.4 Å². The molecule has 4 heteroatoms. The van der Waals surface area contributed by atoms with Crippen LogP contribution in [0.5, 0.6) is 0 Å². The third kappa shape index (κ3) is 2.90. The molecule has 3 nitrogen and oxygen atoms in total. The molecule has 0 spiro atoms. The summed E-state index contributed by atoms with van der Waals surface area (Å²) < 4.78 is 1.10. The lowest BCUT2D eigenvalue weighted by Gasteiger charge is -2.07. The van der Waals surface area contributed by atoms with Crippen LogP contribution in [0.2, 0.25) is 0 Å². The number of benzene rings is 2. The monoisotopic (exact) mass is 313 g/mol. The summed E-state index contributed by atoms with van der Waals surface area (Å²) in [5.74, 6) is 0. The normalized spacial score (nSPS) is 10.6. The topological polar surface area (TPSA) is 37.8 Å². The summed E-state index contributed by atoms with van der Waals surface area (Å²) in [6.07, 6.45) is 3.32. The fraction of sp³-hybridized carbons (Fsp3) is 0.0667. The number of hydrogen-bond donors (Lipinski definition) is 1. The van der Waals surface area contributed by atoms with Gasteiger partial charge in [-0.05, 0) is 41.1 Å². The first-order chi connectivity index (χ1) is 9.31. The fourth-order valence-electron chi connectivity index (χ4n) is 1.94. The maximum absolute atomic E-state index is 4.19. The molecule has 0 aliphatic rings. The first-order valence-electron chi connectivity index (χ1n) is 5.99. The molecule has 1 aromatic heterocycles. The molecular formula is C15H12BrN3. The maximum atomic E-state index is 4.19. The molecule has 0 aliphatic carbocycles. The highest BCUT2D eigenvalue weighted by Gasteiger charge is 1.98. The Balaban J connectivity index is 1.80. The number of aromatic nitrogens is 2. The molecule has 3 rings (SSSR count). The van der Waals surface area contributed by atoms with Crippen molar-refractivity contribution in [2.45, 2.75) is 6.54 Å². The summed E-state index contributed by atoms with van der Waals surface area (Å²) in [5, 5.41) is 5.81. The molecule has 94 valence electrons. The average molecular weight is 314 g/mol. The molecule has 3 aromatic rings. The van der Waals surface area contributed by atoms with Gasteiger partial charge in [0.1, 0.15) is 6.33 Å². The number of fused-ring (bicyclic) bond motifs is 1. The predicted octanol–water partition coefficient (Wildman–Crippen LogP) is 4.00. The van der Waals surface area contributed by atoms with E-state index in [1.165, 1.54) is 10.8 Å².